The highest BCUT2D eigenvalue weighted by molar-refractivity contribution is 9.10. The number of methoxy groups -OCH3 is 1. The number of benzene rings is 1. The van der Waals surface area contributed by atoms with Crippen LogP contribution in [0.2, 0.25) is 0 Å². The van der Waals surface area contributed by atoms with Crippen molar-refractivity contribution in [2.24, 2.45) is 0 Å². The standard InChI is InChI=1S/C15H14BrN5O2/c1-3-4-23-12-6-10(16)8(5-11(12)22-2)13-9(7-17)14(18)21-15(19)20-13/h3,5-6H,1,4H2,2H3,(H4,18,19,20,21). The van der Waals surface area contributed by atoms with Crippen molar-refractivity contribution in [1.29, 1.82) is 5.26 Å². The van der Waals surface area contributed by atoms with E-state index in [0.717, 1.165) is 0 Å². The molecule has 0 aliphatic carbocycles. The summed E-state index contributed by atoms with van der Waals surface area (Å²) >= 11 is 3.44. The van der Waals surface area contributed by atoms with Crippen molar-refractivity contribution >= 4 is 27.7 Å². The van der Waals surface area contributed by atoms with Gasteiger partial charge in [0.05, 0.1) is 12.8 Å². The third-order valence-corrected chi connectivity index (χ3v) is 3.59. The summed E-state index contributed by atoms with van der Waals surface area (Å²) in [7, 11) is 1.52. The molecule has 1 aromatic heterocycles. The molecule has 0 unspecified atom stereocenters. The number of ether oxygens (including phenoxy) is 2. The van der Waals surface area contributed by atoms with Crippen molar-refractivity contribution < 1.29 is 9.47 Å². The molecule has 0 bridgehead atoms. The number of nitriles is 1. The van der Waals surface area contributed by atoms with Gasteiger partial charge in [-0.3, -0.25) is 0 Å². The van der Waals surface area contributed by atoms with Gasteiger partial charge in [0.25, 0.3) is 0 Å². The number of hydrogen-bond acceptors (Lipinski definition) is 7. The molecule has 0 saturated carbocycles. The average molecular weight is 376 g/mol. The van der Waals surface area contributed by atoms with Crippen molar-refractivity contribution in [3.8, 4) is 28.8 Å². The second-order valence-electron chi connectivity index (χ2n) is 4.39. The highest BCUT2D eigenvalue weighted by Crippen LogP contribution is 2.39. The minimum Gasteiger partial charge on any atom is -0.493 e. The van der Waals surface area contributed by atoms with E-state index < -0.39 is 0 Å². The molecule has 0 aliphatic rings. The summed E-state index contributed by atoms with van der Waals surface area (Å²) in [4.78, 5) is 7.93. The lowest BCUT2D eigenvalue weighted by molar-refractivity contribution is 0.326. The van der Waals surface area contributed by atoms with E-state index in [1.165, 1.54) is 7.11 Å². The van der Waals surface area contributed by atoms with Gasteiger partial charge >= 0.3 is 0 Å². The van der Waals surface area contributed by atoms with Crippen molar-refractivity contribution in [2.75, 3.05) is 25.2 Å². The fourth-order valence-corrected chi connectivity index (χ4v) is 2.45. The van der Waals surface area contributed by atoms with Crippen LogP contribution in [0.1, 0.15) is 5.56 Å². The molecule has 0 spiro atoms. The van der Waals surface area contributed by atoms with Crippen molar-refractivity contribution in [2.45, 2.75) is 0 Å². The largest absolute Gasteiger partial charge is 0.493 e. The van der Waals surface area contributed by atoms with Gasteiger partial charge in [-0.05, 0) is 28.1 Å². The van der Waals surface area contributed by atoms with Crippen LogP contribution in [0.5, 0.6) is 11.5 Å². The molecule has 8 heteroatoms. The quantitative estimate of drug-likeness (QED) is 0.770. The van der Waals surface area contributed by atoms with Gasteiger partial charge in [-0.25, -0.2) is 4.98 Å². The molecule has 0 aliphatic heterocycles. The predicted molar refractivity (Wildman–Crippen MR) is 91.0 cm³/mol. The summed E-state index contributed by atoms with van der Waals surface area (Å²) in [6.07, 6.45) is 1.63. The third kappa shape index (κ3) is 3.35. The molecule has 2 rings (SSSR count). The van der Waals surface area contributed by atoms with E-state index in [0.29, 0.717) is 33.8 Å². The van der Waals surface area contributed by atoms with Crippen LogP contribution in [0.4, 0.5) is 11.8 Å². The summed E-state index contributed by atoms with van der Waals surface area (Å²) < 4.78 is 11.5. The molecule has 0 saturated heterocycles. The van der Waals surface area contributed by atoms with Gasteiger partial charge in [-0.1, -0.05) is 12.7 Å². The molecule has 1 aromatic carbocycles. The number of nitrogens with zero attached hydrogens (tertiary/aromatic N) is 3. The van der Waals surface area contributed by atoms with Gasteiger partial charge in [0.15, 0.2) is 11.5 Å². The second kappa shape index (κ2) is 6.98. The zero-order chi connectivity index (χ0) is 17.0. The number of rotatable bonds is 5. The van der Waals surface area contributed by atoms with Crippen LogP contribution in [0, 0.1) is 11.3 Å². The zero-order valence-electron chi connectivity index (χ0n) is 12.3. The van der Waals surface area contributed by atoms with Crippen LogP contribution in [0.25, 0.3) is 11.3 Å². The van der Waals surface area contributed by atoms with E-state index in [4.69, 9.17) is 20.9 Å². The van der Waals surface area contributed by atoms with Gasteiger partial charge in [-0.15, -0.1) is 0 Å². The summed E-state index contributed by atoms with van der Waals surface area (Å²) in [5, 5.41) is 9.31. The molecule has 2 aromatic rings. The first kappa shape index (κ1) is 16.6. The number of nitrogen functional groups attached to an aromatic ring is 2. The zero-order valence-corrected chi connectivity index (χ0v) is 13.9. The van der Waals surface area contributed by atoms with E-state index in [2.05, 4.69) is 32.5 Å². The van der Waals surface area contributed by atoms with Gasteiger partial charge in [0, 0.05) is 10.0 Å². The van der Waals surface area contributed by atoms with E-state index in [9.17, 15) is 5.26 Å². The van der Waals surface area contributed by atoms with Gasteiger partial charge < -0.3 is 20.9 Å². The molecule has 23 heavy (non-hydrogen) atoms. The van der Waals surface area contributed by atoms with E-state index in [-0.39, 0.29) is 17.3 Å². The average Bonchev–Trinajstić information content (AvgIpc) is 2.52. The summed E-state index contributed by atoms with van der Waals surface area (Å²) in [6, 6.07) is 5.39. The Morgan fingerprint density at radius 3 is 2.70 bits per heavy atom. The lowest BCUT2D eigenvalue weighted by Gasteiger charge is -2.14. The van der Waals surface area contributed by atoms with Crippen LogP contribution >= 0.6 is 15.9 Å². The van der Waals surface area contributed by atoms with E-state index in [1.54, 1.807) is 18.2 Å². The number of aromatic nitrogens is 2. The maximum Gasteiger partial charge on any atom is 0.222 e. The first-order chi connectivity index (χ1) is 11.0. The lowest BCUT2D eigenvalue weighted by Crippen LogP contribution is -2.05. The summed E-state index contributed by atoms with van der Waals surface area (Å²) in [5.74, 6) is 1.00. The summed E-state index contributed by atoms with van der Waals surface area (Å²) in [5.41, 5.74) is 12.4. The number of halogens is 1. The molecule has 0 amide bonds. The maximum atomic E-state index is 9.31. The second-order valence-corrected chi connectivity index (χ2v) is 5.24. The number of hydrogen-bond donors (Lipinski definition) is 2. The van der Waals surface area contributed by atoms with E-state index in [1.807, 2.05) is 6.07 Å². The van der Waals surface area contributed by atoms with Crippen LogP contribution in [-0.2, 0) is 0 Å². The minimum atomic E-state index is -0.0191. The third-order valence-electron chi connectivity index (χ3n) is 2.93. The molecule has 7 nitrogen and oxygen atoms in total. The molecular weight excluding hydrogens is 362 g/mol. The first-order valence-corrected chi connectivity index (χ1v) is 7.25. The Kier molecular flexibility index (Phi) is 5.03. The van der Waals surface area contributed by atoms with Crippen molar-refractivity contribution in [1.82, 2.24) is 9.97 Å². The van der Waals surface area contributed by atoms with Gasteiger partial charge in [0.2, 0.25) is 5.95 Å². The van der Waals surface area contributed by atoms with Crippen molar-refractivity contribution in [3.05, 3.63) is 34.8 Å². The fraction of sp³-hybridized carbons (Fsp3) is 0.133. The van der Waals surface area contributed by atoms with E-state index >= 15 is 0 Å². The van der Waals surface area contributed by atoms with Gasteiger partial charge in [0.1, 0.15) is 24.1 Å². The molecule has 1 heterocycles. The van der Waals surface area contributed by atoms with Crippen LogP contribution in [0.15, 0.2) is 29.3 Å². The Hall–Kier alpha value is -2.79. The Morgan fingerprint density at radius 2 is 2.09 bits per heavy atom. The Bertz CT molecular complexity index is 801. The summed E-state index contributed by atoms with van der Waals surface area (Å²) in [6.45, 7) is 3.93. The monoisotopic (exact) mass is 375 g/mol. The van der Waals surface area contributed by atoms with Gasteiger partial charge in [-0.2, -0.15) is 10.2 Å². The lowest BCUT2D eigenvalue weighted by atomic mass is 10.1. The SMILES string of the molecule is C=CCOc1cc(Br)c(-c2nc(N)nc(N)c2C#N)cc1OC. The normalized spacial score (nSPS) is 9.96. The van der Waals surface area contributed by atoms with Crippen LogP contribution < -0.4 is 20.9 Å². The van der Waals surface area contributed by atoms with Crippen molar-refractivity contribution in [3.63, 3.8) is 0 Å². The van der Waals surface area contributed by atoms with Crippen LogP contribution in [-0.4, -0.2) is 23.7 Å². The Balaban J connectivity index is 2.66. The first-order valence-electron chi connectivity index (χ1n) is 6.46. The predicted octanol–water partition coefficient (Wildman–Crippen LogP) is 2.52. The molecule has 118 valence electrons. The molecule has 4 N–H and O–H groups in total. The molecule has 0 fully saturated rings. The smallest absolute Gasteiger partial charge is 0.222 e. The maximum absolute atomic E-state index is 9.31. The molecule has 0 atom stereocenters. The molecule has 0 radical (unpaired) electrons. The number of nitrogens with two attached hydrogens (primary N) is 2. The Labute approximate surface area is 141 Å². The Morgan fingerprint density at radius 1 is 1.35 bits per heavy atom. The fourth-order valence-electron chi connectivity index (χ4n) is 1.94. The highest BCUT2D eigenvalue weighted by Gasteiger charge is 2.18. The minimum absolute atomic E-state index is 0.0191. The highest BCUT2D eigenvalue weighted by atomic mass is 79.9. The van der Waals surface area contributed by atoms with Crippen LogP contribution in [0.3, 0.4) is 0 Å². The number of anilines is 2. The molecular formula is C15H14BrN5O2. The topological polar surface area (TPSA) is 120 Å².